The number of rotatable bonds is 4. The van der Waals surface area contributed by atoms with Gasteiger partial charge < -0.3 is 10.1 Å². The van der Waals surface area contributed by atoms with Gasteiger partial charge in [-0.15, -0.1) is 0 Å². The molecule has 2 nitrogen and oxygen atoms in total. The van der Waals surface area contributed by atoms with E-state index in [1.807, 2.05) is 0 Å². The van der Waals surface area contributed by atoms with Gasteiger partial charge >= 0.3 is 0 Å². The Labute approximate surface area is 115 Å². The molecular weight excluding hydrogens is 241 g/mol. The number of ether oxygens (including phenoxy) is 1. The highest BCUT2D eigenvalue weighted by atomic mass is 19.1. The van der Waals surface area contributed by atoms with Gasteiger partial charge in [0.05, 0.1) is 7.11 Å². The van der Waals surface area contributed by atoms with Crippen LogP contribution in [0.1, 0.15) is 51.6 Å². The molecule has 0 heterocycles. The molecule has 0 saturated heterocycles. The Hall–Kier alpha value is -1.09. The van der Waals surface area contributed by atoms with E-state index >= 15 is 0 Å². The molecule has 1 saturated carbocycles. The maximum Gasteiger partial charge on any atom is 0.123 e. The third-order valence-electron chi connectivity index (χ3n) is 4.11. The minimum atomic E-state index is -0.212. The van der Waals surface area contributed by atoms with Gasteiger partial charge in [-0.2, -0.15) is 0 Å². The van der Waals surface area contributed by atoms with Crippen molar-refractivity contribution < 1.29 is 9.13 Å². The summed E-state index contributed by atoms with van der Waals surface area (Å²) in [5.41, 5.74) is 1.32. The maximum absolute atomic E-state index is 13.4. The molecule has 0 spiro atoms. The Morgan fingerprint density at radius 2 is 2.16 bits per heavy atom. The average molecular weight is 265 g/mol. The molecule has 0 aliphatic heterocycles. The van der Waals surface area contributed by atoms with Crippen LogP contribution in [0.25, 0.3) is 0 Å². The van der Waals surface area contributed by atoms with E-state index in [4.69, 9.17) is 4.74 Å². The van der Waals surface area contributed by atoms with Crippen LogP contribution in [0.5, 0.6) is 5.75 Å². The second-order valence-corrected chi connectivity index (χ2v) is 6.38. The van der Waals surface area contributed by atoms with Gasteiger partial charge in [0.25, 0.3) is 0 Å². The Balaban J connectivity index is 2.08. The van der Waals surface area contributed by atoms with Gasteiger partial charge in [-0.05, 0) is 49.8 Å². The summed E-state index contributed by atoms with van der Waals surface area (Å²) in [4.78, 5) is 0. The predicted molar refractivity (Wildman–Crippen MR) is 75.9 cm³/mol. The lowest BCUT2D eigenvalue weighted by molar-refractivity contribution is 0.352. The Kier molecular flexibility index (Phi) is 4.14. The fourth-order valence-corrected chi connectivity index (χ4v) is 3.07. The molecule has 19 heavy (non-hydrogen) atoms. The van der Waals surface area contributed by atoms with E-state index in [-0.39, 0.29) is 11.9 Å². The second-order valence-electron chi connectivity index (χ2n) is 6.38. The first-order valence-electron chi connectivity index (χ1n) is 7.01. The van der Waals surface area contributed by atoms with Gasteiger partial charge in [0.15, 0.2) is 0 Å². The van der Waals surface area contributed by atoms with Gasteiger partial charge in [0, 0.05) is 17.6 Å². The molecule has 1 aromatic rings. The minimum absolute atomic E-state index is 0.101. The Morgan fingerprint density at radius 3 is 2.74 bits per heavy atom. The highest BCUT2D eigenvalue weighted by molar-refractivity contribution is 5.36. The van der Waals surface area contributed by atoms with Crippen molar-refractivity contribution in [3.8, 4) is 5.75 Å². The highest BCUT2D eigenvalue weighted by Crippen LogP contribution is 2.38. The molecule has 106 valence electrons. The largest absolute Gasteiger partial charge is 0.496 e. The third-order valence-corrected chi connectivity index (χ3v) is 4.11. The molecule has 0 radical (unpaired) electrons. The van der Waals surface area contributed by atoms with Crippen molar-refractivity contribution in [2.75, 3.05) is 7.11 Å². The molecule has 3 heteroatoms. The summed E-state index contributed by atoms with van der Waals surface area (Å²) in [5, 5.41) is 3.61. The summed E-state index contributed by atoms with van der Waals surface area (Å²) < 4.78 is 18.7. The van der Waals surface area contributed by atoms with Crippen molar-refractivity contribution in [3.05, 3.63) is 29.6 Å². The molecule has 2 atom stereocenters. The summed E-state index contributed by atoms with van der Waals surface area (Å²) in [6.45, 7) is 6.69. The first-order valence-corrected chi connectivity index (χ1v) is 7.01. The van der Waals surface area contributed by atoms with E-state index in [1.54, 1.807) is 19.2 Å². The van der Waals surface area contributed by atoms with Crippen LogP contribution in [-0.2, 0) is 0 Å². The topological polar surface area (TPSA) is 21.3 Å². The molecule has 0 aromatic heterocycles. The smallest absolute Gasteiger partial charge is 0.123 e. The van der Waals surface area contributed by atoms with E-state index in [0.29, 0.717) is 11.5 Å². The highest BCUT2D eigenvalue weighted by Gasteiger charge is 2.31. The normalized spacial score (nSPS) is 23.3. The van der Waals surface area contributed by atoms with Crippen LogP contribution in [0.15, 0.2) is 18.2 Å². The zero-order valence-electron chi connectivity index (χ0n) is 12.3. The zero-order valence-corrected chi connectivity index (χ0v) is 12.3. The summed E-state index contributed by atoms with van der Waals surface area (Å²) in [6, 6.07) is 5.31. The van der Waals surface area contributed by atoms with Crippen LogP contribution in [-0.4, -0.2) is 13.2 Å². The zero-order chi connectivity index (χ0) is 14.0. The number of hydrogen-bond donors (Lipinski definition) is 1. The van der Waals surface area contributed by atoms with Crippen LogP contribution < -0.4 is 10.1 Å². The van der Waals surface area contributed by atoms with E-state index in [1.165, 1.54) is 25.3 Å². The lowest BCUT2D eigenvalue weighted by atomic mass is 9.91. The molecule has 1 aliphatic rings. The van der Waals surface area contributed by atoms with Crippen LogP contribution in [0.3, 0.4) is 0 Å². The molecule has 2 rings (SSSR count). The molecule has 1 aliphatic carbocycles. The SMILES string of the molecule is COc1ccc(F)cc1C(C)NC1CCC(C)(C)C1. The summed E-state index contributed by atoms with van der Waals surface area (Å²) >= 11 is 0. The summed E-state index contributed by atoms with van der Waals surface area (Å²) in [5.74, 6) is 0.537. The third kappa shape index (κ3) is 3.47. The van der Waals surface area contributed by atoms with E-state index in [2.05, 4.69) is 26.1 Å². The molecule has 0 bridgehead atoms. The summed E-state index contributed by atoms with van der Waals surface area (Å²) in [6.07, 6.45) is 3.61. The van der Waals surface area contributed by atoms with Gasteiger partial charge in [0.1, 0.15) is 11.6 Å². The number of benzene rings is 1. The quantitative estimate of drug-likeness (QED) is 0.886. The minimum Gasteiger partial charge on any atom is -0.496 e. The van der Waals surface area contributed by atoms with Crippen LogP contribution in [0, 0.1) is 11.2 Å². The number of nitrogens with one attached hydrogen (secondary N) is 1. The molecule has 1 aromatic carbocycles. The predicted octanol–water partition coefficient (Wildman–Crippen LogP) is 4.06. The lowest BCUT2D eigenvalue weighted by Gasteiger charge is -2.23. The maximum atomic E-state index is 13.4. The standard InChI is InChI=1S/C16H24FNO/c1-11(18-13-7-8-16(2,3)10-13)14-9-12(17)5-6-15(14)19-4/h5-6,9,11,13,18H,7-8,10H2,1-4H3. The van der Waals surface area contributed by atoms with Crippen molar-refractivity contribution >= 4 is 0 Å². The number of methoxy groups -OCH3 is 1. The van der Waals surface area contributed by atoms with E-state index in [0.717, 1.165) is 11.3 Å². The molecule has 2 unspecified atom stereocenters. The molecule has 1 N–H and O–H groups in total. The van der Waals surface area contributed by atoms with Crippen LogP contribution in [0.4, 0.5) is 4.39 Å². The number of halogens is 1. The van der Waals surface area contributed by atoms with Gasteiger partial charge in [-0.3, -0.25) is 0 Å². The molecular formula is C16H24FNO. The monoisotopic (exact) mass is 265 g/mol. The fraction of sp³-hybridized carbons (Fsp3) is 0.625. The molecule has 0 amide bonds. The Bertz CT molecular complexity index is 444. The first-order chi connectivity index (χ1) is 8.91. The molecule has 1 fully saturated rings. The fourth-order valence-electron chi connectivity index (χ4n) is 3.07. The van der Waals surface area contributed by atoms with E-state index < -0.39 is 0 Å². The second kappa shape index (κ2) is 5.49. The first kappa shape index (κ1) is 14.3. The lowest BCUT2D eigenvalue weighted by Crippen LogP contribution is -2.30. The number of hydrogen-bond acceptors (Lipinski definition) is 2. The van der Waals surface area contributed by atoms with Gasteiger partial charge in [-0.25, -0.2) is 4.39 Å². The van der Waals surface area contributed by atoms with Crippen LogP contribution >= 0.6 is 0 Å². The van der Waals surface area contributed by atoms with Gasteiger partial charge in [-0.1, -0.05) is 13.8 Å². The van der Waals surface area contributed by atoms with Crippen molar-refractivity contribution in [1.29, 1.82) is 0 Å². The van der Waals surface area contributed by atoms with Crippen LogP contribution in [0.2, 0.25) is 0 Å². The average Bonchev–Trinajstić information content (AvgIpc) is 2.68. The Morgan fingerprint density at radius 1 is 1.42 bits per heavy atom. The van der Waals surface area contributed by atoms with Crippen molar-refractivity contribution in [1.82, 2.24) is 5.32 Å². The summed E-state index contributed by atoms with van der Waals surface area (Å²) in [7, 11) is 1.63. The van der Waals surface area contributed by atoms with Crippen molar-refractivity contribution in [2.24, 2.45) is 5.41 Å². The van der Waals surface area contributed by atoms with Gasteiger partial charge in [0.2, 0.25) is 0 Å². The van der Waals surface area contributed by atoms with E-state index in [9.17, 15) is 4.39 Å². The van der Waals surface area contributed by atoms with Crippen molar-refractivity contribution in [2.45, 2.75) is 52.1 Å². The van der Waals surface area contributed by atoms with Crippen molar-refractivity contribution in [3.63, 3.8) is 0 Å².